The van der Waals surface area contributed by atoms with Crippen LogP contribution in [0, 0.1) is 0 Å². The summed E-state index contributed by atoms with van der Waals surface area (Å²) in [5.41, 5.74) is 14.5. The van der Waals surface area contributed by atoms with Crippen LogP contribution >= 0.6 is 0 Å². The second kappa shape index (κ2) is 9.45. The number of nitrogens with two attached hydrogens (primary N) is 2. The van der Waals surface area contributed by atoms with Crippen molar-refractivity contribution in [1.29, 1.82) is 0 Å². The van der Waals surface area contributed by atoms with Crippen LogP contribution in [0.25, 0.3) is 22.2 Å². The Morgan fingerprint density at radius 1 is 0.938 bits per heavy atom. The van der Waals surface area contributed by atoms with Crippen molar-refractivity contribution in [3.8, 4) is 11.4 Å². The van der Waals surface area contributed by atoms with Crippen LogP contribution < -0.4 is 16.8 Å². The topological polar surface area (TPSA) is 127 Å². The Labute approximate surface area is 186 Å². The first kappa shape index (κ1) is 21.3. The van der Waals surface area contributed by atoms with Crippen LogP contribution in [0.4, 0.5) is 11.6 Å². The molecule has 0 aliphatic heterocycles. The number of aromatic nitrogens is 2. The van der Waals surface area contributed by atoms with E-state index in [2.05, 4.69) is 45.6 Å². The summed E-state index contributed by atoms with van der Waals surface area (Å²) in [6, 6.07) is 22.9. The maximum absolute atomic E-state index is 10.9. The van der Waals surface area contributed by atoms with Gasteiger partial charge in [-0.15, -0.1) is 0 Å². The first-order valence-electron chi connectivity index (χ1n) is 10.4. The predicted octanol–water partition coefficient (Wildman–Crippen LogP) is 3.49. The third kappa shape index (κ3) is 5.19. The van der Waals surface area contributed by atoms with Gasteiger partial charge in [0.1, 0.15) is 17.7 Å². The second-order valence-corrected chi connectivity index (χ2v) is 7.71. The Kier molecular flexibility index (Phi) is 6.28. The fraction of sp³-hybridized carbons (Fsp3) is 0.160. The molecule has 7 heteroatoms. The summed E-state index contributed by atoms with van der Waals surface area (Å²) < 4.78 is 0. The van der Waals surface area contributed by atoms with Crippen molar-refractivity contribution in [2.24, 2.45) is 5.73 Å². The highest BCUT2D eigenvalue weighted by molar-refractivity contribution is 5.83. The van der Waals surface area contributed by atoms with Gasteiger partial charge in [0, 0.05) is 18.2 Å². The van der Waals surface area contributed by atoms with Crippen molar-refractivity contribution in [3.63, 3.8) is 0 Å². The van der Waals surface area contributed by atoms with Crippen LogP contribution in [0.5, 0.6) is 0 Å². The molecule has 0 aliphatic carbocycles. The van der Waals surface area contributed by atoms with Crippen LogP contribution in [0.3, 0.4) is 0 Å². The number of carboxylic acids is 1. The summed E-state index contributed by atoms with van der Waals surface area (Å²) in [7, 11) is 0. The maximum Gasteiger partial charge on any atom is 0.320 e. The van der Waals surface area contributed by atoms with E-state index >= 15 is 0 Å². The van der Waals surface area contributed by atoms with Gasteiger partial charge in [-0.2, -0.15) is 0 Å². The molecule has 162 valence electrons. The van der Waals surface area contributed by atoms with Gasteiger partial charge in [-0.25, -0.2) is 9.97 Å². The molecule has 0 bridgehead atoms. The first-order chi connectivity index (χ1) is 15.5. The standard InChI is InChI=1S/C25H25N5O2/c26-21(25(31)32)14-16-6-9-19(10-7-16)24-29-22(27)15-23(30-24)28-12-11-17-5-8-18-3-1-2-4-20(18)13-17/h1-10,13,15,21H,11-12,14,26H2,(H,31,32)(H3,27,28,29,30)/t21-/m0/s1. The Hall–Kier alpha value is -3.97. The van der Waals surface area contributed by atoms with Gasteiger partial charge in [-0.05, 0) is 34.7 Å². The minimum atomic E-state index is -1.02. The van der Waals surface area contributed by atoms with Crippen LogP contribution in [-0.4, -0.2) is 33.6 Å². The van der Waals surface area contributed by atoms with Gasteiger partial charge in [-0.1, -0.05) is 66.7 Å². The summed E-state index contributed by atoms with van der Waals surface area (Å²) >= 11 is 0. The lowest BCUT2D eigenvalue weighted by Gasteiger charge is -2.10. The molecule has 0 saturated heterocycles. The number of nitrogens with zero attached hydrogens (tertiary/aromatic N) is 2. The van der Waals surface area contributed by atoms with Gasteiger partial charge >= 0.3 is 5.97 Å². The number of rotatable bonds is 8. The van der Waals surface area contributed by atoms with Gasteiger partial charge in [0.05, 0.1) is 0 Å². The average Bonchev–Trinajstić information content (AvgIpc) is 2.79. The van der Waals surface area contributed by atoms with Crippen LogP contribution in [0.15, 0.2) is 72.8 Å². The number of nitrogen functional groups attached to an aromatic ring is 1. The molecule has 0 spiro atoms. The lowest BCUT2D eigenvalue weighted by molar-refractivity contribution is -0.138. The largest absolute Gasteiger partial charge is 0.480 e. The third-order valence-corrected chi connectivity index (χ3v) is 5.26. The Morgan fingerprint density at radius 2 is 1.66 bits per heavy atom. The molecule has 4 aromatic rings. The SMILES string of the molecule is Nc1cc(NCCc2ccc3ccccc3c2)nc(-c2ccc(C[C@H](N)C(=O)O)cc2)n1. The van der Waals surface area contributed by atoms with E-state index in [4.69, 9.17) is 16.6 Å². The number of hydrogen-bond donors (Lipinski definition) is 4. The fourth-order valence-electron chi connectivity index (χ4n) is 3.55. The van der Waals surface area contributed by atoms with Crippen molar-refractivity contribution in [2.75, 3.05) is 17.6 Å². The smallest absolute Gasteiger partial charge is 0.320 e. The highest BCUT2D eigenvalue weighted by Gasteiger charge is 2.12. The Balaban J connectivity index is 1.42. The summed E-state index contributed by atoms with van der Waals surface area (Å²) in [4.78, 5) is 19.8. The molecular weight excluding hydrogens is 402 g/mol. The number of carbonyl (C=O) groups is 1. The quantitative estimate of drug-likeness (QED) is 0.339. The second-order valence-electron chi connectivity index (χ2n) is 7.71. The van der Waals surface area contributed by atoms with E-state index < -0.39 is 12.0 Å². The van der Waals surface area contributed by atoms with Crippen LogP contribution in [0.2, 0.25) is 0 Å². The van der Waals surface area contributed by atoms with Crippen molar-refractivity contribution in [3.05, 3.63) is 83.9 Å². The van der Waals surface area contributed by atoms with Gasteiger partial charge in [-0.3, -0.25) is 4.79 Å². The molecule has 1 aromatic heterocycles. The van der Waals surface area contributed by atoms with Crippen LogP contribution in [-0.2, 0) is 17.6 Å². The lowest BCUT2D eigenvalue weighted by atomic mass is 10.0. The van der Waals surface area contributed by atoms with Gasteiger partial charge in [0.25, 0.3) is 0 Å². The van der Waals surface area contributed by atoms with Crippen molar-refractivity contribution < 1.29 is 9.90 Å². The van der Waals surface area contributed by atoms with Crippen molar-refractivity contribution in [1.82, 2.24) is 9.97 Å². The van der Waals surface area contributed by atoms with E-state index in [0.29, 0.717) is 24.0 Å². The highest BCUT2D eigenvalue weighted by atomic mass is 16.4. The van der Waals surface area contributed by atoms with E-state index in [0.717, 1.165) is 17.5 Å². The monoisotopic (exact) mass is 427 g/mol. The molecule has 0 radical (unpaired) electrons. The summed E-state index contributed by atoms with van der Waals surface area (Å²) in [5.74, 6) is 0.519. The molecule has 3 aromatic carbocycles. The van der Waals surface area contributed by atoms with Gasteiger partial charge < -0.3 is 21.9 Å². The van der Waals surface area contributed by atoms with E-state index in [9.17, 15) is 4.79 Å². The van der Waals surface area contributed by atoms with E-state index in [-0.39, 0.29) is 6.42 Å². The minimum absolute atomic E-state index is 0.259. The molecule has 0 amide bonds. The van der Waals surface area contributed by atoms with E-state index in [1.165, 1.54) is 16.3 Å². The summed E-state index contributed by atoms with van der Waals surface area (Å²) in [5, 5.41) is 14.7. The Bertz CT molecular complexity index is 1240. The van der Waals surface area contributed by atoms with Gasteiger partial charge in [0.15, 0.2) is 5.82 Å². The number of hydrogen-bond acceptors (Lipinski definition) is 6. The fourth-order valence-corrected chi connectivity index (χ4v) is 3.55. The maximum atomic E-state index is 10.9. The molecule has 4 rings (SSSR count). The first-order valence-corrected chi connectivity index (χ1v) is 10.4. The summed E-state index contributed by atoms with van der Waals surface area (Å²) in [6.07, 6.45) is 1.11. The summed E-state index contributed by atoms with van der Waals surface area (Å²) in [6.45, 7) is 0.709. The predicted molar refractivity (Wildman–Crippen MR) is 127 cm³/mol. The highest BCUT2D eigenvalue weighted by Crippen LogP contribution is 2.21. The zero-order valence-corrected chi connectivity index (χ0v) is 17.5. The number of anilines is 2. The van der Waals surface area contributed by atoms with Crippen molar-refractivity contribution in [2.45, 2.75) is 18.9 Å². The molecule has 0 unspecified atom stereocenters. The molecule has 1 atom stereocenters. The number of fused-ring (bicyclic) bond motifs is 1. The molecule has 32 heavy (non-hydrogen) atoms. The van der Waals surface area contributed by atoms with Crippen molar-refractivity contribution >= 4 is 28.4 Å². The van der Waals surface area contributed by atoms with Gasteiger partial charge in [0.2, 0.25) is 0 Å². The lowest BCUT2D eigenvalue weighted by Crippen LogP contribution is -2.32. The minimum Gasteiger partial charge on any atom is -0.480 e. The average molecular weight is 428 g/mol. The molecule has 0 fully saturated rings. The molecule has 0 aliphatic rings. The zero-order chi connectivity index (χ0) is 22.5. The van der Waals surface area contributed by atoms with E-state index in [1.54, 1.807) is 6.07 Å². The van der Waals surface area contributed by atoms with E-state index in [1.807, 2.05) is 36.4 Å². The normalized spacial score (nSPS) is 11.9. The number of carboxylic acid groups (broad SMARTS) is 1. The molecule has 7 nitrogen and oxygen atoms in total. The molecular formula is C25H25N5O2. The third-order valence-electron chi connectivity index (χ3n) is 5.26. The zero-order valence-electron chi connectivity index (χ0n) is 17.5. The number of benzene rings is 3. The molecule has 1 heterocycles. The molecule has 6 N–H and O–H groups in total. The van der Waals surface area contributed by atoms with Crippen LogP contribution in [0.1, 0.15) is 11.1 Å². The molecule has 0 saturated carbocycles. The number of aliphatic carboxylic acids is 1. The Morgan fingerprint density at radius 3 is 2.41 bits per heavy atom. The number of nitrogens with one attached hydrogen (secondary N) is 1.